The molecule has 3 N–H and O–H groups in total. The predicted molar refractivity (Wildman–Crippen MR) is 116 cm³/mol. The highest BCUT2D eigenvalue weighted by Crippen LogP contribution is 2.26. The van der Waals surface area contributed by atoms with Crippen LogP contribution in [-0.2, 0) is 7.05 Å². The van der Waals surface area contributed by atoms with Gasteiger partial charge in [0.25, 0.3) is 0 Å². The molecule has 0 unspecified atom stereocenters. The molecule has 4 rings (SSSR count). The van der Waals surface area contributed by atoms with Crippen molar-refractivity contribution in [1.29, 1.82) is 0 Å². The average Bonchev–Trinajstić information content (AvgIpc) is 3.14. The summed E-state index contributed by atoms with van der Waals surface area (Å²) in [6, 6.07) is 8.42. The van der Waals surface area contributed by atoms with Crippen molar-refractivity contribution in [3.05, 3.63) is 42.9 Å². The Kier molecular flexibility index (Phi) is 5.49. The van der Waals surface area contributed by atoms with Crippen LogP contribution >= 0.6 is 0 Å². The van der Waals surface area contributed by atoms with Gasteiger partial charge in [0.2, 0.25) is 0 Å². The maximum absolute atomic E-state index is 12.9. The summed E-state index contributed by atoms with van der Waals surface area (Å²) in [5.41, 5.74) is 8.26. The summed E-state index contributed by atoms with van der Waals surface area (Å²) in [4.78, 5) is 19.3. The van der Waals surface area contributed by atoms with E-state index in [-0.39, 0.29) is 18.1 Å². The summed E-state index contributed by atoms with van der Waals surface area (Å²) in [6.45, 7) is 2.83. The molecule has 2 aromatic heterocycles. The molecule has 7 nitrogen and oxygen atoms in total. The summed E-state index contributed by atoms with van der Waals surface area (Å²) in [5, 5.41) is 9.29. The number of fused-ring (bicyclic) bond motifs is 1. The highest BCUT2D eigenvalue weighted by Gasteiger charge is 2.29. The van der Waals surface area contributed by atoms with Gasteiger partial charge in [0, 0.05) is 49.0 Å². The monoisotopic (exact) mass is 392 g/mol. The van der Waals surface area contributed by atoms with E-state index in [1.807, 2.05) is 36.5 Å². The molecule has 3 heterocycles. The Morgan fingerprint density at radius 2 is 2.10 bits per heavy atom. The van der Waals surface area contributed by atoms with Crippen LogP contribution in [0, 0.1) is 0 Å². The van der Waals surface area contributed by atoms with E-state index >= 15 is 0 Å². The molecule has 1 saturated heterocycles. The maximum atomic E-state index is 12.9. The Bertz CT molecular complexity index is 1010. The largest absolute Gasteiger partial charge is 0.328 e. The zero-order valence-electron chi connectivity index (χ0n) is 17.0. The van der Waals surface area contributed by atoms with Crippen LogP contribution in [0.25, 0.3) is 21.9 Å². The second kappa shape index (κ2) is 8.21. The number of urea groups is 1. The Morgan fingerprint density at radius 1 is 1.24 bits per heavy atom. The van der Waals surface area contributed by atoms with Gasteiger partial charge in [0.05, 0.1) is 6.20 Å². The Morgan fingerprint density at radius 3 is 2.86 bits per heavy atom. The fourth-order valence-corrected chi connectivity index (χ4v) is 4.10. The number of carbonyl (C=O) groups excluding carboxylic acids is 1. The van der Waals surface area contributed by atoms with Crippen LogP contribution in [0.2, 0.25) is 0 Å². The van der Waals surface area contributed by atoms with E-state index in [0.29, 0.717) is 12.4 Å². The van der Waals surface area contributed by atoms with Crippen molar-refractivity contribution in [2.24, 2.45) is 12.8 Å². The van der Waals surface area contributed by atoms with Gasteiger partial charge >= 0.3 is 6.03 Å². The molecule has 2 atom stereocenters. The third kappa shape index (κ3) is 4.24. The van der Waals surface area contributed by atoms with Gasteiger partial charge in [-0.05, 0) is 42.3 Å². The molecule has 1 fully saturated rings. The molecular weight excluding hydrogens is 364 g/mol. The smallest absolute Gasteiger partial charge is 0.323 e. The summed E-state index contributed by atoms with van der Waals surface area (Å²) in [6.07, 6.45) is 9.34. The van der Waals surface area contributed by atoms with E-state index in [1.54, 1.807) is 10.9 Å². The van der Waals surface area contributed by atoms with Crippen LogP contribution in [0.4, 0.5) is 10.6 Å². The number of likely N-dealkylation sites (tertiary alicyclic amines) is 1. The van der Waals surface area contributed by atoms with E-state index < -0.39 is 0 Å². The summed E-state index contributed by atoms with van der Waals surface area (Å²) in [7, 11) is 1.90. The van der Waals surface area contributed by atoms with Gasteiger partial charge in [-0.2, -0.15) is 5.10 Å². The first kappa shape index (κ1) is 19.4. The SMILES string of the molecule is CCC[C@@H]1C[C@@H](N)CCN1C(=O)Nc1cc2cc(-c3cnn(C)c3)ccc2cn1. The zero-order chi connectivity index (χ0) is 20.4. The molecule has 0 saturated carbocycles. The lowest BCUT2D eigenvalue weighted by atomic mass is 9.95. The fourth-order valence-electron chi connectivity index (χ4n) is 4.10. The van der Waals surface area contributed by atoms with Crippen molar-refractivity contribution in [3.8, 4) is 11.1 Å². The van der Waals surface area contributed by atoms with Crippen LogP contribution in [0.3, 0.4) is 0 Å². The van der Waals surface area contributed by atoms with Crippen LogP contribution in [0.15, 0.2) is 42.9 Å². The van der Waals surface area contributed by atoms with Crippen molar-refractivity contribution in [2.45, 2.75) is 44.7 Å². The number of aryl methyl sites for hydroxylation is 1. The molecule has 0 radical (unpaired) electrons. The lowest BCUT2D eigenvalue weighted by Crippen LogP contribution is -2.51. The Balaban J connectivity index is 1.55. The number of amides is 2. The van der Waals surface area contributed by atoms with Crippen molar-refractivity contribution in [2.75, 3.05) is 11.9 Å². The van der Waals surface area contributed by atoms with Gasteiger partial charge < -0.3 is 10.6 Å². The van der Waals surface area contributed by atoms with E-state index in [1.165, 1.54) is 0 Å². The van der Waals surface area contributed by atoms with Crippen molar-refractivity contribution in [3.63, 3.8) is 0 Å². The van der Waals surface area contributed by atoms with E-state index in [9.17, 15) is 4.79 Å². The summed E-state index contributed by atoms with van der Waals surface area (Å²) < 4.78 is 1.79. The van der Waals surface area contributed by atoms with Crippen molar-refractivity contribution >= 4 is 22.6 Å². The van der Waals surface area contributed by atoms with E-state index in [2.05, 4.69) is 34.5 Å². The molecule has 1 aliphatic rings. The minimum atomic E-state index is -0.0920. The Labute approximate surface area is 170 Å². The highest BCUT2D eigenvalue weighted by molar-refractivity contribution is 5.93. The number of piperidine rings is 1. The van der Waals surface area contributed by atoms with Gasteiger partial charge in [-0.25, -0.2) is 9.78 Å². The minimum Gasteiger partial charge on any atom is -0.328 e. The lowest BCUT2D eigenvalue weighted by Gasteiger charge is -2.38. The third-order valence-electron chi connectivity index (χ3n) is 5.63. The normalized spacial score (nSPS) is 19.5. The molecule has 7 heteroatoms. The van der Waals surface area contributed by atoms with Crippen LogP contribution in [0.1, 0.15) is 32.6 Å². The first-order valence-corrected chi connectivity index (χ1v) is 10.3. The van der Waals surface area contributed by atoms with Gasteiger partial charge in [-0.1, -0.05) is 25.5 Å². The second-order valence-electron chi connectivity index (χ2n) is 7.88. The number of aromatic nitrogens is 3. The molecule has 3 aromatic rings. The van der Waals surface area contributed by atoms with Gasteiger partial charge in [0.1, 0.15) is 5.82 Å². The number of hydrogen-bond acceptors (Lipinski definition) is 4. The van der Waals surface area contributed by atoms with Crippen LogP contribution in [-0.4, -0.2) is 44.3 Å². The molecule has 2 amide bonds. The molecular formula is C22H28N6O. The molecule has 152 valence electrons. The average molecular weight is 393 g/mol. The maximum Gasteiger partial charge on any atom is 0.323 e. The third-order valence-corrected chi connectivity index (χ3v) is 5.63. The van der Waals surface area contributed by atoms with Gasteiger partial charge in [0.15, 0.2) is 0 Å². The van der Waals surface area contributed by atoms with Crippen molar-refractivity contribution < 1.29 is 4.79 Å². The number of nitrogens with two attached hydrogens (primary N) is 1. The number of hydrogen-bond donors (Lipinski definition) is 2. The molecule has 1 aromatic carbocycles. The van der Waals surface area contributed by atoms with Gasteiger partial charge in [-0.3, -0.25) is 10.00 Å². The minimum absolute atomic E-state index is 0.0920. The van der Waals surface area contributed by atoms with Crippen molar-refractivity contribution in [1.82, 2.24) is 19.7 Å². The molecule has 29 heavy (non-hydrogen) atoms. The quantitative estimate of drug-likeness (QED) is 0.707. The van der Waals surface area contributed by atoms with Crippen LogP contribution < -0.4 is 11.1 Å². The standard InChI is InChI=1S/C22H28N6O/c1-3-4-20-11-19(23)7-8-28(20)22(29)26-21-10-17-9-15(5-6-16(17)12-24-21)18-13-25-27(2)14-18/h5-6,9-10,12-14,19-20H,3-4,7-8,11,23H2,1-2H3,(H,24,26,29)/t19-,20+/m0/s1. The number of benzene rings is 1. The van der Waals surface area contributed by atoms with Gasteiger partial charge in [-0.15, -0.1) is 0 Å². The first-order chi connectivity index (χ1) is 14.0. The predicted octanol–water partition coefficient (Wildman–Crippen LogP) is 3.76. The highest BCUT2D eigenvalue weighted by atomic mass is 16.2. The zero-order valence-corrected chi connectivity index (χ0v) is 17.0. The van der Waals surface area contributed by atoms with E-state index in [0.717, 1.165) is 47.6 Å². The Hall–Kier alpha value is -2.93. The molecule has 0 aliphatic carbocycles. The second-order valence-corrected chi connectivity index (χ2v) is 7.88. The lowest BCUT2D eigenvalue weighted by molar-refractivity contribution is 0.149. The topological polar surface area (TPSA) is 89.1 Å². The van der Waals surface area contributed by atoms with E-state index in [4.69, 9.17) is 5.73 Å². The number of carbonyl (C=O) groups is 1. The molecule has 1 aliphatic heterocycles. The molecule has 0 bridgehead atoms. The number of nitrogens with one attached hydrogen (secondary N) is 1. The summed E-state index contributed by atoms with van der Waals surface area (Å²) >= 11 is 0. The fraction of sp³-hybridized carbons (Fsp3) is 0.409. The first-order valence-electron chi connectivity index (χ1n) is 10.3. The molecule has 0 spiro atoms. The number of pyridine rings is 1. The number of nitrogens with zero attached hydrogens (tertiary/aromatic N) is 4. The van der Waals surface area contributed by atoms with Crippen LogP contribution in [0.5, 0.6) is 0 Å². The number of rotatable bonds is 4. The number of anilines is 1. The summed E-state index contributed by atoms with van der Waals surface area (Å²) in [5.74, 6) is 0.566.